The first-order chi connectivity index (χ1) is 10.5. The number of hydrogen-bond donors (Lipinski definition) is 2. The lowest BCUT2D eigenvalue weighted by Gasteiger charge is -2.15. The Hall–Kier alpha value is -2.54. The van der Waals surface area contributed by atoms with E-state index in [4.69, 9.17) is 16.0 Å². The molecule has 0 spiro atoms. The number of nitro benzene ring substituents is 1. The first kappa shape index (κ1) is 15.8. The molecular weight excluding hydrogens is 310 g/mol. The van der Waals surface area contributed by atoms with Gasteiger partial charge in [-0.25, -0.2) is 0 Å². The van der Waals surface area contributed by atoms with E-state index in [-0.39, 0.29) is 23.2 Å². The van der Waals surface area contributed by atoms with Gasteiger partial charge in [0.2, 0.25) is 5.91 Å². The van der Waals surface area contributed by atoms with Gasteiger partial charge in [-0.3, -0.25) is 14.9 Å². The molecule has 1 amide bonds. The number of non-ortho nitro benzene ring substituents is 1. The molecule has 0 aliphatic heterocycles. The van der Waals surface area contributed by atoms with Crippen molar-refractivity contribution in [2.75, 3.05) is 5.32 Å². The van der Waals surface area contributed by atoms with E-state index < -0.39 is 11.0 Å². The van der Waals surface area contributed by atoms with E-state index in [0.717, 1.165) is 0 Å². The molecule has 0 aliphatic carbocycles. The van der Waals surface area contributed by atoms with E-state index in [1.54, 1.807) is 19.1 Å². The van der Waals surface area contributed by atoms with Crippen LogP contribution < -0.4 is 10.6 Å². The Labute approximate surface area is 131 Å². The normalized spacial score (nSPS) is 11.7. The lowest BCUT2D eigenvalue weighted by molar-refractivity contribution is -0.384. The number of benzene rings is 1. The number of carbonyl (C=O) groups excluding carboxylic acids is 1. The molecule has 2 rings (SSSR count). The van der Waals surface area contributed by atoms with E-state index in [1.165, 1.54) is 24.5 Å². The molecule has 2 N–H and O–H groups in total. The van der Waals surface area contributed by atoms with Crippen molar-refractivity contribution in [1.29, 1.82) is 0 Å². The highest BCUT2D eigenvalue weighted by Gasteiger charge is 2.16. The molecule has 0 aliphatic rings. The fourth-order valence-electron chi connectivity index (χ4n) is 1.77. The van der Waals surface area contributed by atoms with Crippen LogP contribution in [0.2, 0.25) is 5.02 Å². The molecule has 2 aromatic rings. The van der Waals surface area contributed by atoms with Crippen molar-refractivity contribution in [2.24, 2.45) is 0 Å². The van der Waals surface area contributed by atoms with Crippen molar-refractivity contribution >= 4 is 28.9 Å². The molecule has 1 aromatic heterocycles. The fraction of sp³-hybridized carbons (Fsp3) is 0.214. The number of nitrogens with zero attached hydrogens (tertiary/aromatic N) is 1. The summed E-state index contributed by atoms with van der Waals surface area (Å²) < 4.78 is 5.12. The van der Waals surface area contributed by atoms with Gasteiger partial charge in [0.25, 0.3) is 5.69 Å². The van der Waals surface area contributed by atoms with Gasteiger partial charge in [0, 0.05) is 12.1 Å². The first-order valence-electron chi connectivity index (χ1n) is 6.48. The van der Waals surface area contributed by atoms with Crippen LogP contribution in [0.4, 0.5) is 11.4 Å². The number of anilines is 1. The molecule has 0 saturated heterocycles. The van der Waals surface area contributed by atoms with Crippen molar-refractivity contribution in [3.05, 3.63) is 57.5 Å². The summed E-state index contributed by atoms with van der Waals surface area (Å²) in [6, 6.07) is 6.95. The molecular formula is C14H14ClN3O4. The average molecular weight is 324 g/mol. The molecule has 0 fully saturated rings. The molecule has 0 bridgehead atoms. The second-order valence-electron chi connectivity index (χ2n) is 4.58. The number of rotatable bonds is 6. The highest BCUT2D eigenvalue weighted by molar-refractivity contribution is 6.33. The van der Waals surface area contributed by atoms with Gasteiger partial charge in [0.05, 0.1) is 28.4 Å². The van der Waals surface area contributed by atoms with Crippen molar-refractivity contribution in [3.63, 3.8) is 0 Å². The maximum Gasteiger partial charge on any atom is 0.271 e. The Morgan fingerprint density at radius 2 is 2.23 bits per heavy atom. The second-order valence-corrected chi connectivity index (χ2v) is 4.99. The largest absolute Gasteiger partial charge is 0.467 e. The first-order valence-corrected chi connectivity index (χ1v) is 6.85. The van der Waals surface area contributed by atoms with Gasteiger partial charge in [0.1, 0.15) is 11.8 Å². The lowest BCUT2D eigenvalue weighted by Crippen LogP contribution is -2.37. The minimum Gasteiger partial charge on any atom is -0.467 e. The van der Waals surface area contributed by atoms with E-state index in [1.807, 2.05) is 0 Å². The number of carbonyl (C=O) groups is 1. The van der Waals surface area contributed by atoms with Crippen molar-refractivity contribution in [3.8, 4) is 0 Å². The highest BCUT2D eigenvalue weighted by atomic mass is 35.5. The number of amides is 1. The molecule has 1 atom stereocenters. The summed E-state index contributed by atoms with van der Waals surface area (Å²) in [5.41, 5.74) is 0.346. The van der Waals surface area contributed by atoms with Crippen LogP contribution in [0.25, 0.3) is 0 Å². The monoisotopic (exact) mass is 323 g/mol. The molecule has 7 nitrogen and oxygen atoms in total. The van der Waals surface area contributed by atoms with E-state index in [2.05, 4.69) is 10.6 Å². The van der Waals surface area contributed by atoms with Crippen LogP contribution in [0.3, 0.4) is 0 Å². The topological polar surface area (TPSA) is 97.4 Å². The Kier molecular flexibility index (Phi) is 5.00. The van der Waals surface area contributed by atoms with Crippen LogP contribution in [0.5, 0.6) is 0 Å². The molecule has 0 radical (unpaired) electrons. The standard InChI is InChI=1S/C14H14ClN3O4/c1-9(14(19)16-8-11-3-2-6-22-11)17-13-5-4-10(18(20)21)7-12(13)15/h2-7,9,17H,8H2,1H3,(H,16,19). The second kappa shape index (κ2) is 6.95. The van der Waals surface area contributed by atoms with Gasteiger partial charge >= 0.3 is 0 Å². The van der Waals surface area contributed by atoms with Gasteiger partial charge in [-0.15, -0.1) is 0 Å². The summed E-state index contributed by atoms with van der Waals surface area (Å²) in [5, 5.41) is 16.4. The van der Waals surface area contributed by atoms with Gasteiger partial charge < -0.3 is 15.1 Å². The minimum absolute atomic E-state index is 0.106. The quantitative estimate of drug-likeness (QED) is 0.629. The van der Waals surface area contributed by atoms with Crippen molar-refractivity contribution in [2.45, 2.75) is 19.5 Å². The predicted octanol–water partition coefficient (Wildman–Crippen LogP) is 2.96. The molecule has 116 valence electrons. The summed E-state index contributed by atoms with van der Waals surface area (Å²) in [4.78, 5) is 22.1. The maximum atomic E-state index is 12.0. The fourth-order valence-corrected chi connectivity index (χ4v) is 2.00. The van der Waals surface area contributed by atoms with Gasteiger partial charge in [-0.2, -0.15) is 0 Å². The number of halogens is 1. The van der Waals surface area contributed by atoms with E-state index >= 15 is 0 Å². The zero-order valence-electron chi connectivity index (χ0n) is 11.7. The number of furan rings is 1. The summed E-state index contributed by atoms with van der Waals surface area (Å²) in [6.07, 6.45) is 1.53. The van der Waals surface area contributed by atoms with E-state index in [0.29, 0.717) is 11.4 Å². The zero-order valence-corrected chi connectivity index (χ0v) is 12.5. The third-order valence-electron chi connectivity index (χ3n) is 2.95. The summed E-state index contributed by atoms with van der Waals surface area (Å²) in [5.74, 6) is 0.403. The van der Waals surface area contributed by atoms with Gasteiger partial charge in [0.15, 0.2) is 0 Å². The highest BCUT2D eigenvalue weighted by Crippen LogP contribution is 2.27. The molecule has 1 unspecified atom stereocenters. The van der Waals surface area contributed by atoms with Gasteiger partial charge in [-0.05, 0) is 25.1 Å². The number of hydrogen-bond acceptors (Lipinski definition) is 5. The Bertz CT molecular complexity index is 673. The lowest BCUT2D eigenvalue weighted by atomic mass is 10.2. The zero-order chi connectivity index (χ0) is 16.1. The van der Waals surface area contributed by atoms with Crippen LogP contribution >= 0.6 is 11.6 Å². The molecule has 1 heterocycles. The Balaban J connectivity index is 1.94. The Morgan fingerprint density at radius 1 is 1.45 bits per heavy atom. The summed E-state index contributed by atoms with van der Waals surface area (Å²) in [6.45, 7) is 1.95. The van der Waals surface area contributed by atoms with Crippen molar-refractivity contribution in [1.82, 2.24) is 5.32 Å². The smallest absolute Gasteiger partial charge is 0.271 e. The van der Waals surface area contributed by atoms with Crippen LogP contribution in [0.1, 0.15) is 12.7 Å². The minimum atomic E-state index is -0.561. The molecule has 8 heteroatoms. The summed E-state index contributed by atoms with van der Waals surface area (Å²) in [7, 11) is 0. The molecule has 0 saturated carbocycles. The van der Waals surface area contributed by atoms with Gasteiger partial charge in [-0.1, -0.05) is 11.6 Å². The number of nitro groups is 1. The molecule has 1 aromatic carbocycles. The third kappa shape index (κ3) is 3.98. The van der Waals surface area contributed by atoms with Crippen LogP contribution in [0, 0.1) is 10.1 Å². The number of nitrogens with one attached hydrogen (secondary N) is 2. The average Bonchev–Trinajstić information content (AvgIpc) is 2.99. The van der Waals surface area contributed by atoms with E-state index in [9.17, 15) is 14.9 Å². The summed E-state index contributed by atoms with van der Waals surface area (Å²) >= 11 is 5.97. The predicted molar refractivity (Wildman–Crippen MR) is 81.7 cm³/mol. The van der Waals surface area contributed by atoms with Crippen LogP contribution in [0.15, 0.2) is 41.0 Å². The Morgan fingerprint density at radius 3 is 2.82 bits per heavy atom. The third-order valence-corrected chi connectivity index (χ3v) is 3.26. The maximum absolute atomic E-state index is 12.0. The van der Waals surface area contributed by atoms with Crippen LogP contribution in [-0.2, 0) is 11.3 Å². The SMILES string of the molecule is CC(Nc1ccc([N+](=O)[O-])cc1Cl)C(=O)NCc1ccco1. The van der Waals surface area contributed by atoms with Crippen molar-refractivity contribution < 1.29 is 14.1 Å². The van der Waals surface area contributed by atoms with Crippen LogP contribution in [-0.4, -0.2) is 16.9 Å². The molecule has 22 heavy (non-hydrogen) atoms.